The van der Waals surface area contributed by atoms with Crippen LogP contribution in [0.4, 0.5) is 8.78 Å². The average molecular weight is 175 g/mol. The molecule has 0 saturated heterocycles. The van der Waals surface area contributed by atoms with E-state index in [1.807, 2.05) is 0 Å². The predicted octanol–water partition coefficient (Wildman–Crippen LogP) is 0.985. The normalized spacial score (nSPS) is 37.0. The zero-order chi connectivity index (χ0) is 8.77. The molecule has 2 rings (SSSR count). The highest BCUT2D eigenvalue weighted by Gasteiger charge is 2.52. The molecule has 0 spiro atoms. The summed E-state index contributed by atoms with van der Waals surface area (Å²) in [5.74, 6) is -3.18. The van der Waals surface area contributed by atoms with Gasteiger partial charge in [0.2, 0.25) is 0 Å². The van der Waals surface area contributed by atoms with E-state index in [2.05, 4.69) is 5.16 Å². The van der Waals surface area contributed by atoms with Crippen molar-refractivity contribution in [3.8, 4) is 0 Å². The maximum atomic E-state index is 12.7. The molecule has 1 saturated carbocycles. The molecular formula is C7H7F2NO2. The van der Waals surface area contributed by atoms with E-state index in [4.69, 9.17) is 4.84 Å². The Labute approximate surface area is 67.4 Å². The van der Waals surface area contributed by atoms with Crippen molar-refractivity contribution in [1.29, 1.82) is 0 Å². The van der Waals surface area contributed by atoms with Crippen LogP contribution in [0.25, 0.3) is 0 Å². The number of oxime groups is 1. The molecule has 0 aromatic rings. The monoisotopic (exact) mass is 175 g/mol. The van der Waals surface area contributed by atoms with Gasteiger partial charge in [-0.2, -0.15) is 0 Å². The van der Waals surface area contributed by atoms with E-state index in [-0.39, 0.29) is 18.6 Å². The number of carbonyl (C=O) groups excluding carboxylic acids is 1. The molecule has 0 radical (unpaired) electrons. The minimum absolute atomic E-state index is 0.122. The first kappa shape index (κ1) is 7.64. The molecule has 0 N–H and O–H groups in total. The number of carbonyl (C=O) groups is 1. The summed E-state index contributed by atoms with van der Waals surface area (Å²) in [5.41, 5.74) is 0.122. The van der Waals surface area contributed by atoms with Crippen LogP contribution in [0.15, 0.2) is 5.16 Å². The van der Waals surface area contributed by atoms with Gasteiger partial charge in [0, 0.05) is 6.42 Å². The fourth-order valence-corrected chi connectivity index (χ4v) is 1.68. The van der Waals surface area contributed by atoms with E-state index in [1.54, 1.807) is 0 Å². The van der Waals surface area contributed by atoms with E-state index in [1.165, 1.54) is 0 Å². The smallest absolute Gasteiger partial charge is 0.252 e. The number of halogens is 2. The summed E-state index contributed by atoms with van der Waals surface area (Å²) in [4.78, 5) is 15.0. The van der Waals surface area contributed by atoms with Crippen molar-refractivity contribution in [2.24, 2.45) is 11.1 Å². The van der Waals surface area contributed by atoms with Gasteiger partial charge >= 0.3 is 0 Å². The summed E-state index contributed by atoms with van der Waals surface area (Å²) in [7, 11) is 0. The van der Waals surface area contributed by atoms with Gasteiger partial charge in [0.15, 0.2) is 6.29 Å². The predicted molar refractivity (Wildman–Crippen MR) is 36.0 cm³/mol. The highest BCUT2D eigenvalue weighted by Crippen LogP contribution is 2.43. The van der Waals surface area contributed by atoms with Gasteiger partial charge in [-0.1, -0.05) is 5.16 Å². The summed E-state index contributed by atoms with van der Waals surface area (Å²) in [6.45, 7) is 0. The molecular weight excluding hydrogens is 168 g/mol. The zero-order valence-corrected chi connectivity index (χ0v) is 6.17. The standard InChI is InChI=1S/C7H7F2NO2/c8-7(9)1-4-5(3-11)10-12-6(4)2-7/h3-4,6H,1-2H2/t4-,6-/m1/s1. The molecule has 0 bridgehead atoms. The fraction of sp³-hybridized carbons (Fsp3) is 0.714. The number of hydrogen-bond acceptors (Lipinski definition) is 3. The Morgan fingerprint density at radius 3 is 3.00 bits per heavy atom. The topological polar surface area (TPSA) is 38.7 Å². The summed E-state index contributed by atoms with van der Waals surface area (Å²) >= 11 is 0. The van der Waals surface area contributed by atoms with Gasteiger partial charge in [-0.15, -0.1) is 0 Å². The Hall–Kier alpha value is -1.00. The average Bonchev–Trinajstić information content (AvgIpc) is 2.42. The molecule has 1 heterocycles. The molecule has 0 aromatic heterocycles. The molecule has 2 atom stereocenters. The SMILES string of the molecule is O=CC1=NO[C@@H]2CC(F)(F)C[C@H]12. The van der Waals surface area contributed by atoms with Gasteiger partial charge in [0.05, 0.1) is 12.3 Å². The molecule has 12 heavy (non-hydrogen) atoms. The summed E-state index contributed by atoms with van der Waals surface area (Å²) < 4.78 is 25.4. The van der Waals surface area contributed by atoms with Crippen molar-refractivity contribution in [2.75, 3.05) is 0 Å². The molecule has 0 amide bonds. The first-order chi connectivity index (χ1) is 5.62. The Kier molecular flexibility index (Phi) is 1.43. The van der Waals surface area contributed by atoms with Crippen LogP contribution in [-0.2, 0) is 9.63 Å². The number of hydrogen-bond donors (Lipinski definition) is 0. The zero-order valence-electron chi connectivity index (χ0n) is 6.17. The lowest BCUT2D eigenvalue weighted by molar-refractivity contribution is -0.102. The van der Waals surface area contributed by atoms with E-state index in [0.717, 1.165) is 0 Å². The Bertz CT molecular complexity index is 252. The summed E-state index contributed by atoms with van der Waals surface area (Å²) in [6, 6.07) is 0. The first-order valence-electron chi connectivity index (χ1n) is 3.69. The number of nitrogens with zero attached hydrogens (tertiary/aromatic N) is 1. The molecule has 66 valence electrons. The van der Waals surface area contributed by atoms with Crippen LogP contribution in [-0.4, -0.2) is 24.0 Å². The van der Waals surface area contributed by atoms with Gasteiger partial charge in [0.25, 0.3) is 5.92 Å². The van der Waals surface area contributed by atoms with Crippen LogP contribution >= 0.6 is 0 Å². The second-order valence-corrected chi connectivity index (χ2v) is 3.15. The quantitative estimate of drug-likeness (QED) is 0.557. The van der Waals surface area contributed by atoms with Gasteiger partial charge in [-0.3, -0.25) is 4.79 Å². The van der Waals surface area contributed by atoms with E-state index in [9.17, 15) is 13.6 Å². The third-order valence-electron chi connectivity index (χ3n) is 2.26. The van der Waals surface area contributed by atoms with Crippen molar-refractivity contribution in [1.82, 2.24) is 0 Å². The lowest BCUT2D eigenvalue weighted by Gasteiger charge is -2.06. The highest BCUT2D eigenvalue weighted by atomic mass is 19.3. The molecule has 1 aliphatic carbocycles. The lowest BCUT2D eigenvalue weighted by atomic mass is 10.0. The minimum Gasteiger partial charge on any atom is -0.391 e. The van der Waals surface area contributed by atoms with Gasteiger partial charge < -0.3 is 4.84 Å². The van der Waals surface area contributed by atoms with Crippen LogP contribution in [0, 0.1) is 5.92 Å². The molecule has 1 aliphatic heterocycles. The van der Waals surface area contributed by atoms with Crippen molar-refractivity contribution in [3.05, 3.63) is 0 Å². The van der Waals surface area contributed by atoms with Gasteiger partial charge in [-0.25, -0.2) is 8.78 Å². The lowest BCUT2D eigenvalue weighted by Crippen LogP contribution is -2.17. The molecule has 3 nitrogen and oxygen atoms in total. The van der Waals surface area contributed by atoms with E-state index in [0.29, 0.717) is 6.29 Å². The van der Waals surface area contributed by atoms with E-state index >= 15 is 0 Å². The van der Waals surface area contributed by atoms with Crippen molar-refractivity contribution in [2.45, 2.75) is 24.9 Å². The number of rotatable bonds is 1. The molecule has 0 aromatic carbocycles. The molecule has 1 fully saturated rings. The second-order valence-electron chi connectivity index (χ2n) is 3.15. The van der Waals surface area contributed by atoms with Crippen LogP contribution in [0.3, 0.4) is 0 Å². The highest BCUT2D eigenvalue weighted by molar-refractivity contribution is 6.29. The number of fused-ring (bicyclic) bond motifs is 1. The van der Waals surface area contributed by atoms with Crippen molar-refractivity contribution in [3.63, 3.8) is 0 Å². The first-order valence-corrected chi connectivity index (χ1v) is 3.69. The Balaban J connectivity index is 2.17. The van der Waals surface area contributed by atoms with Crippen molar-refractivity contribution < 1.29 is 18.4 Å². The maximum absolute atomic E-state index is 12.7. The second kappa shape index (κ2) is 2.24. The fourth-order valence-electron chi connectivity index (χ4n) is 1.68. The Morgan fingerprint density at radius 1 is 1.58 bits per heavy atom. The van der Waals surface area contributed by atoms with E-state index < -0.39 is 17.9 Å². The summed E-state index contributed by atoms with van der Waals surface area (Å²) in [6.07, 6.45) is -0.722. The van der Waals surface area contributed by atoms with Crippen LogP contribution in [0.5, 0.6) is 0 Å². The largest absolute Gasteiger partial charge is 0.391 e. The van der Waals surface area contributed by atoms with Crippen LogP contribution in [0.1, 0.15) is 12.8 Å². The number of aldehydes is 1. The molecule has 0 unspecified atom stereocenters. The molecule has 2 aliphatic rings. The molecule has 5 heteroatoms. The van der Waals surface area contributed by atoms with Crippen LogP contribution < -0.4 is 0 Å². The minimum atomic E-state index is -2.69. The Morgan fingerprint density at radius 2 is 2.33 bits per heavy atom. The summed E-state index contributed by atoms with van der Waals surface area (Å²) in [5, 5.41) is 3.42. The number of alkyl halides is 2. The van der Waals surface area contributed by atoms with Gasteiger partial charge in [-0.05, 0) is 0 Å². The van der Waals surface area contributed by atoms with Crippen LogP contribution in [0.2, 0.25) is 0 Å². The van der Waals surface area contributed by atoms with Crippen molar-refractivity contribution >= 4 is 12.0 Å². The van der Waals surface area contributed by atoms with Gasteiger partial charge in [0.1, 0.15) is 11.8 Å². The third kappa shape index (κ3) is 1.00. The third-order valence-corrected chi connectivity index (χ3v) is 2.26. The maximum Gasteiger partial charge on any atom is 0.252 e.